The van der Waals surface area contributed by atoms with Crippen LogP contribution < -0.4 is 4.74 Å². The van der Waals surface area contributed by atoms with E-state index in [1.54, 1.807) is 25.1 Å². The van der Waals surface area contributed by atoms with E-state index in [-0.39, 0.29) is 80.8 Å². The van der Waals surface area contributed by atoms with Gasteiger partial charge >= 0.3 is 20.3 Å². The molecule has 1 N–H and O–H groups in total. The predicted molar refractivity (Wildman–Crippen MR) is 401 cm³/mol. The molecule has 10 aromatic rings. The Bertz CT molecular complexity index is 5390. The van der Waals surface area contributed by atoms with Crippen molar-refractivity contribution in [2.75, 3.05) is 32.6 Å². The summed E-state index contributed by atoms with van der Waals surface area (Å²) < 4.78 is 187. The molecule has 6 saturated heterocycles. The fourth-order valence-corrected chi connectivity index (χ4v) is 27.6. The first kappa shape index (κ1) is 79.9. The Morgan fingerprint density at radius 3 is 1.66 bits per heavy atom. The average Bonchev–Trinajstić information content (AvgIpc) is 1.62. The highest BCUT2D eigenvalue weighted by Gasteiger charge is 2.58. The molecule has 8 aliphatic rings. The van der Waals surface area contributed by atoms with Gasteiger partial charge < -0.3 is 37.6 Å². The van der Waals surface area contributed by atoms with Crippen molar-refractivity contribution in [1.82, 2.24) is 78.1 Å². The van der Waals surface area contributed by atoms with Gasteiger partial charge in [-0.15, -0.1) is 0 Å². The Kier molecular flexibility index (Phi) is 23.2. The Hall–Kier alpha value is -6.96. The minimum absolute atomic E-state index is 0.138. The molecule has 16 heterocycles. The summed E-state index contributed by atoms with van der Waals surface area (Å²) in [6, 6.07) is 11.6. The second kappa shape index (κ2) is 32.9. The highest BCUT2D eigenvalue weighted by molar-refractivity contribution is 8.74. The zero-order valence-electron chi connectivity index (χ0n) is 58.4. The summed E-state index contributed by atoms with van der Waals surface area (Å²) in [5.41, 5.74) is 3.87. The molecular weight excluding hydrogens is 1680 g/mol. The maximum atomic E-state index is 17.2. The molecule has 0 radical (unpaired) electrons. The standard InChI is InChI=1S/C37H37F2N10O11P3S2.C25H26F2N8O9P2S2/c1-3-23-31-35(43-17-41-23)47(19-45-31)37-29(39)33-27(58-37)13-61-63(55,65-15-22-9-5-7-11-25(22)49(52)53)60-32-26(57-36(28(32)38)46-18-44-30-20(2)40-16-42-34(30)46)12-56-62(54,59-33)64-14-21-8-4-6-10-24(21)48(50)51;26-15-19-13-6-39-46(37,48)44-20-14(7-40-45(36,47)43-19)42-25(16(20)27)35-11-33-18-22(35)30-9-31-23(18)38-5-3-1-2-4-12-17-21(29-8-28-12)34(10-32-17)24(15)41-13/h4-11,16-19,26-29,32-33,36-37,61H,3,12-15H2,1-2H3;1,3,8-11,13-16,19-20,24-25H,2,4-7H2,(H,36,47)(H,37,48)/b;3-1+/t26-,27-,28-,29-,32-,33-,36-,37-,62?,63?;13?,14-,15-,16-,19-,20-,24-,25-,45?,46?/m11/s1. The lowest BCUT2D eigenvalue weighted by molar-refractivity contribution is -0.385. The van der Waals surface area contributed by atoms with Gasteiger partial charge in [-0.2, -0.15) is 4.98 Å². The minimum Gasteiger partial charge on any atom is -0.472 e. The van der Waals surface area contributed by atoms with Crippen LogP contribution in [0.1, 0.15) is 66.5 Å². The van der Waals surface area contributed by atoms with Crippen molar-refractivity contribution < 1.29 is 101 Å². The molecule has 8 aromatic heterocycles. The van der Waals surface area contributed by atoms with Gasteiger partial charge in [0.15, 0.2) is 77.7 Å². The molecule has 113 heavy (non-hydrogen) atoms. The molecule has 21 atom stereocenters. The maximum Gasteiger partial charge on any atom is 0.390 e. The van der Waals surface area contributed by atoms with Crippen molar-refractivity contribution in [3.05, 3.63) is 160 Å². The second-order valence-corrected chi connectivity index (χ2v) is 44.1. The number of benzene rings is 2. The molecule has 0 spiro atoms. The highest BCUT2D eigenvalue weighted by Crippen LogP contribution is 2.77. The Balaban J connectivity index is 0.000000178. The van der Waals surface area contributed by atoms with Gasteiger partial charge in [-0.3, -0.25) is 65.7 Å². The molecule has 18 rings (SSSR count). The van der Waals surface area contributed by atoms with Crippen LogP contribution >= 0.6 is 69.9 Å². The summed E-state index contributed by atoms with van der Waals surface area (Å²) in [6.07, 6.45) is -14.8. The molecule has 2 aromatic carbocycles. The molecule has 6 unspecified atom stereocenters. The van der Waals surface area contributed by atoms with E-state index in [1.807, 2.05) is 13.0 Å². The van der Waals surface area contributed by atoms with E-state index in [2.05, 4.69) is 72.1 Å². The number of fused-ring (bicyclic) bond motifs is 14. The molecule has 8 aliphatic heterocycles. The van der Waals surface area contributed by atoms with Crippen LogP contribution in [0.2, 0.25) is 0 Å². The number of halogens is 4. The second-order valence-electron chi connectivity index (χ2n) is 26.0. The van der Waals surface area contributed by atoms with Crippen LogP contribution in [0, 0.1) is 27.2 Å². The van der Waals surface area contributed by atoms with Gasteiger partial charge in [0.25, 0.3) is 17.6 Å². The molecule has 598 valence electrons. The Labute approximate surface area is 654 Å². The van der Waals surface area contributed by atoms with Crippen LogP contribution in [0.4, 0.5) is 28.9 Å². The molecule has 51 heteroatoms. The zero-order chi connectivity index (χ0) is 78.8. The minimum atomic E-state index is -4.66. The topological polar surface area (TPSA) is 443 Å². The van der Waals surface area contributed by atoms with Crippen molar-refractivity contribution in [2.45, 2.75) is 143 Å². The molecular formula is C62H63F4N18O20P5S4. The van der Waals surface area contributed by atoms with Gasteiger partial charge in [0.1, 0.15) is 91.2 Å². The number of hydrogen-bond donors (Lipinski definition) is 2. The first-order valence-corrected chi connectivity index (χ1v) is 48.2. The third-order valence-corrected chi connectivity index (χ3v) is 34.2. The molecule has 38 nitrogen and oxygen atoms in total. The van der Waals surface area contributed by atoms with E-state index in [4.69, 9.17) is 67.2 Å². The highest BCUT2D eigenvalue weighted by atomic mass is 32.9. The van der Waals surface area contributed by atoms with Gasteiger partial charge in [-0.1, -0.05) is 79.1 Å². The fourth-order valence-electron chi connectivity index (χ4n) is 13.7. The fraction of sp³-hybridized carbons (Fsp3) is 0.452. The summed E-state index contributed by atoms with van der Waals surface area (Å²) >= 11 is 10.6. The van der Waals surface area contributed by atoms with Crippen LogP contribution in [0.15, 0.2) is 111 Å². The summed E-state index contributed by atoms with van der Waals surface area (Å²) in [5.74, 6) is -0.348. The van der Waals surface area contributed by atoms with Crippen LogP contribution in [-0.2, 0) is 100 Å². The van der Waals surface area contributed by atoms with Gasteiger partial charge in [-0.25, -0.2) is 81.5 Å². The van der Waals surface area contributed by atoms with Crippen LogP contribution in [-0.4, -0.2) is 199 Å². The largest absolute Gasteiger partial charge is 0.472 e. The predicted octanol–water partition coefficient (Wildman–Crippen LogP) is 11.5. The zero-order valence-corrected chi connectivity index (χ0v) is 66.3. The number of alkyl halides is 4. The lowest BCUT2D eigenvalue weighted by Crippen LogP contribution is -2.37. The lowest BCUT2D eigenvalue weighted by Gasteiger charge is -2.30. The quantitative estimate of drug-likeness (QED) is 0.0303. The Morgan fingerprint density at radius 2 is 1.05 bits per heavy atom. The number of ether oxygens (including phenoxy) is 5. The van der Waals surface area contributed by atoms with Gasteiger partial charge in [0, 0.05) is 40.9 Å². The summed E-state index contributed by atoms with van der Waals surface area (Å²) in [4.78, 5) is 85.3. The number of nitro benzene ring substituents is 2. The number of para-hydroxylation sites is 2. The summed E-state index contributed by atoms with van der Waals surface area (Å²) in [6.45, 7) is -11.5. The summed E-state index contributed by atoms with van der Waals surface area (Å²) in [7, 11) is -0.769. The SMILES string of the molecule is CCc1ncnc2c1ncn2[C@@H]1O[C@@H]2CPP(=O)(SCc3ccccc3[N+](=O)[O-])O[C@H]3[C@@H](F)[C@H](n4cnc5c(C)ncnc54)O[C@@H]3COP(=O)(SCc3ccccc3[N+](=O)[O-])O[C@H]2[C@H]1F.O=P1(S)OCC2O[C@@H]3[C@H](F)[C@@H]2OP(O)(=S)OC[C@H]2O[C@H]([C@H](F)[C@@H]2O1)n1cnc2c(ncnc21)OC/C=C/CCc1ncnc2c1ncn23. The molecule has 6 fully saturated rings. The van der Waals surface area contributed by atoms with Gasteiger partial charge in [-0.05, 0) is 57.6 Å². The average molecular weight is 1740 g/mol. The number of aromatic nitrogens is 16. The normalized spacial score (nSPS) is 33.4. The maximum absolute atomic E-state index is 17.2. The van der Waals surface area contributed by atoms with Crippen LogP contribution in [0.5, 0.6) is 5.88 Å². The van der Waals surface area contributed by atoms with E-state index >= 15 is 26.7 Å². The van der Waals surface area contributed by atoms with Crippen molar-refractivity contribution >= 4 is 138 Å². The lowest BCUT2D eigenvalue weighted by atomic mass is 10.1. The van der Waals surface area contributed by atoms with E-state index < -0.39 is 163 Å². The smallest absolute Gasteiger partial charge is 0.390 e. The van der Waals surface area contributed by atoms with E-state index in [0.29, 0.717) is 64.3 Å². The van der Waals surface area contributed by atoms with Crippen molar-refractivity contribution in [1.29, 1.82) is 0 Å². The van der Waals surface area contributed by atoms with Crippen molar-refractivity contribution in [3.8, 4) is 5.88 Å². The number of thiol groups is 1. The van der Waals surface area contributed by atoms with Gasteiger partial charge in [0.2, 0.25) is 5.88 Å². The van der Waals surface area contributed by atoms with Crippen LogP contribution in [0.3, 0.4) is 0 Å². The number of nitrogens with zero attached hydrogens (tertiary/aromatic N) is 18. The van der Waals surface area contributed by atoms with E-state index in [0.717, 1.165) is 11.4 Å². The number of hydrogen-bond acceptors (Lipinski definition) is 34. The van der Waals surface area contributed by atoms with Crippen molar-refractivity contribution in [3.63, 3.8) is 0 Å². The molecule has 0 aliphatic carbocycles. The summed E-state index contributed by atoms with van der Waals surface area (Å²) in [5, 5.41) is 23.9. The van der Waals surface area contributed by atoms with Crippen molar-refractivity contribution in [2.24, 2.45) is 0 Å². The number of rotatable bonds is 11. The monoisotopic (exact) mass is 1740 g/mol. The number of aryl methyl sites for hydroxylation is 3. The van der Waals surface area contributed by atoms with Crippen LogP contribution in [0.25, 0.3) is 44.7 Å². The Morgan fingerprint density at radius 1 is 0.575 bits per heavy atom. The first-order chi connectivity index (χ1) is 54.3. The van der Waals surface area contributed by atoms with E-state index in [1.165, 1.54) is 105 Å². The third-order valence-electron chi connectivity index (χ3n) is 19.1. The number of nitro groups is 2. The molecule has 0 amide bonds. The molecule has 0 saturated carbocycles. The van der Waals surface area contributed by atoms with Gasteiger partial charge in [0.05, 0.1) is 78.2 Å². The number of allylic oxidation sites excluding steroid dienone is 1. The van der Waals surface area contributed by atoms with E-state index in [9.17, 15) is 29.7 Å². The number of imidazole rings is 4. The molecule has 14 bridgehead atoms. The third kappa shape index (κ3) is 16.2. The first-order valence-electron chi connectivity index (χ1n) is 34.5.